The Morgan fingerprint density at radius 1 is 0.911 bits per heavy atom. The van der Waals surface area contributed by atoms with E-state index in [0.29, 0.717) is 67.8 Å². The van der Waals surface area contributed by atoms with E-state index in [4.69, 9.17) is 18.9 Å². The van der Waals surface area contributed by atoms with Crippen molar-refractivity contribution in [2.45, 2.75) is 38.8 Å². The number of hydrogen-bond donors (Lipinski definition) is 1. The number of unbranched alkanes of at least 4 members (excludes halogenated alkanes) is 1. The van der Waals surface area contributed by atoms with E-state index in [0.717, 1.165) is 38.0 Å². The summed E-state index contributed by atoms with van der Waals surface area (Å²) in [6.45, 7) is 7.23. The zero-order valence-electron chi connectivity index (χ0n) is 26.1. The van der Waals surface area contributed by atoms with Crippen LogP contribution < -0.4 is 14.2 Å². The van der Waals surface area contributed by atoms with Gasteiger partial charge in [0.15, 0.2) is 11.5 Å². The number of rotatable bonds is 14. The second-order valence-corrected chi connectivity index (χ2v) is 11.2. The number of morpholine rings is 1. The summed E-state index contributed by atoms with van der Waals surface area (Å²) in [5.74, 6) is 0.140. The highest BCUT2D eigenvalue weighted by Crippen LogP contribution is 2.42. The van der Waals surface area contributed by atoms with E-state index in [1.165, 1.54) is 0 Å². The van der Waals surface area contributed by atoms with Gasteiger partial charge in [-0.1, -0.05) is 49.7 Å². The quantitative estimate of drug-likeness (QED) is 0.109. The minimum absolute atomic E-state index is 0.0473. The maximum Gasteiger partial charge on any atom is 0.295 e. The molecular formula is C36H42N2O7. The molecule has 0 aliphatic carbocycles. The summed E-state index contributed by atoms with van der Waals surface area (Å²) in [4.78, 5) is 31.0. The molecule has 3 aromatic carbocycles. The zero-order chi connectivity index (χ0) is 31.6. The number of hydrogen-bond acceptors (Lipinski definition) is 8. The molecule has 3 aromatic rings. The molecule has 2 aliphatic heterocycles. The first-order valence-corrected chi connectivity index (χ1v) is 15.7. The van der Waals surface area contributed by atoms with Crippen LogP contribution >= 0.6 is 0 Å². The summed E-state index contributed by atoms with van der Waals surface area (Å²) in [6.07, 6.45) is 2.58. The molecule has 0 radical (unpaired) electrons. The number of amides is 1. The van der Waals surface area contributed by atoms with Gasteiger partial charge in [-0.15, -0.1) is 0 Å². The molecule has 0 saturated carbocycles. The van der Waals surface area contributed by atoms with Crippen LogP contribution in [0, 0.1) is 0 Å². The van der Waals surface area contributed by atoms with E-state index < -0.39 is 17.7 Å². The topological polar surface area (TPSA) is 97.8 Å². The largest absolute Gasteiger partial charge is 0.507 e. The lowest BCUT2D eigenvalue weighted by Crippen LogP contribution is -2.39. The van der Waals surface area contributed by atoms with Crippen molar-refractivity contribution < 1.29 is 33.6 Å². The van der Waals surface area contributed by atoms with E-state index in [9.17, 15) is 14.7 Å². The highest BCUT2D eigenvalue weighted by molar-refractivity contribution is 6.46. The molecule has 2 saturated heterocycles. The second kappa shape index (κ2) is 15.6. The summed E-state index contributed by atoms with van der Waals surface area (Å²) >= 11 is 0. The van der Waals surface area contributed by atoms with Gasteiger partial charge in [0.25, 0.3) is 11.7 Å². The predicted molar refractivity (Wildman–Crippen MR) is 171 cm³/mol. The Morgan fingerprint density at radius 2 is 1.67 bits per heavy atom. The number of aliphatic hydroxyl groups is 1. The van der Waals surface area contributed by atoms with Crippen LogP contribution in [-0.2, 0) is 20.9 Å². The molecule has 45 heavy (non-hydrogen) atoms. The fraction of sp³-hybridized carbons (Fsp3) is 0.389. The number of carbonyl (C=O) groups excluding carboxylic acids is 2. The van der Waals surface area contributed by atoms with Gasteiger partial charge in [-0.3, -0.25) is 14.5 Å². The van der Waals surface area contributed by atoms with Crippen molar-refractivity contribution >= 4 is 17.4 Å². The summed E-state index contributed by atoms with van der Waals surface area (Å²) in [5.41, 5.74) is 2.16. The number of benzene rings is 3. The van der Waals surface area contributed by atoms with Gasteiger partial charge in [-0.05, 0) is 60.4 Å². The molecule has 2 heterocycles. The number of ketones is 1. The first-order chi connectivity index (χ1) is 22.0. The Labute approximate surface area is 265 Å². The van der Waals surface area contributed by atoms with Gasteiger partial charge in [-0.2, -0.15) is 0 Å². The monoisotopic (exact) mass is 614 g/mol. The van der Waals surface area contributed by atoms with Crippen LogP contribution in [0.2, 0.25) is 0 Å². The lowest BCUT2D eigenvalue weighted by Gasteiger charge is -2.29. The van der Waals surface area contributed by atoms with Crippen LogP contribution in [0.15, 0.2) is 78.4 Å². The van der Waals surface area contributed by atoms with Crippen molar-refractivity contribution in [1.29, 1.82) is 0 Å². The standard InChI is InChI=1S/C36H42N2O7/c1-3-4-21-44-30-16-13-28(24-31(30)42-2)33-32(35(40)36(41)38(33)18-8-17-37-19-22-43-23-20-37)34(39)27-11-14-29(15-12-27)45-25-26-9-6-5-7-10-26/h5-7,9-16,24,33,39H,3-4,8,17-23,25H2,1-2H3. The van der Waals surface area contributed by atoms with E-state index in [-0.39, 0.29) is 11.3 Å². The Balaban J connectivity index is 1.43. The maximum atomic E-state index is 13.6. The summed E-state index contributed by atoms with van der Waals surface area (Å²) in [6, 6.07) is 21.4. The maximum absolute atomic E-state index is 13.6. The minimum Gasteiger partial charge on any atom is -0.507 e. The van der Waals surface area contributed by atoms with E-state index in [1.54, 1.807) is 48.4 Å². The van der Waals surface area contributed by atoms with Crippen LogP contribution in [-0.4, -0.2) is 79.7 Å². The lowest BCUT2D eigenvalue weighted by atomic mass is 9.95. The zero-order valence-corrected chi connectivity index (χ0v) is 26.1. The van der Waals surface area contributed by atoms with Crippen LogP contribution in [0.1, 0.15) is 48.9 Å². The van der Waals surface area contributed by atoms with E-state index in [2.05, 4.69) is 11.8 Å². The number of carbonyl (C=O) groups is 2. The van der Waals surface area contributed by atoms with Gasteiger partial charge < -0.3 is 29.0 Å². The van der Waals surface area contributed by atoms with Crippen LogP contribution in [0.5, 0.6) is 17.2 Å². The predicted octanol–water partition coefficient (Wildman–Crippen LogP) is 5.60. The molecular weight excluding hydrogens is 572 g/mol. The molecule has 0 spiro atoms. The van der Waals surface area contributed by atoms with Gasteiger partial charge in [0.05, 0.1) is 38.5 Å². The average molecular weight is 615 g/mol. The smallest absolute Gasteiger partial charge is 0.295 e. The first-order valence-electron chi connectivity index (χ1n) is 15.7. The highest BCUT2D eigenvalue weighted by atomic mass is 16.5. The van der Waals surface area contributed by atoms with Crippen molar-refractivity contribution in [3.05, 3.63) is 95.1 Å². The van der Waals surface area contributed by atoms with Crippen LogP contribution in [0.3, 0.4) is 0 Å². The van der Waals surface area contributed by atoms with Crippen molar-refractivity contribution in [3.63, 3.8) is 0 Å². The SMILES string of the molecule is CCCCOc1ccc(C2C(=C(O)c3ccc(OCc4ccccc4)cc3)C(=O)C(=O)N2CCCN2CCOCC2)cc1OC. The number of likely N-dealkylation sites (tertiary alicyclic amines) is 1. The fourth-order valence-corrected chi connectivity index (χ4v) is 5.65. The fourth-order valence-electron chi connectivity index (χ4n) is 5.65. The summed E-state index contributed by atoms with van der Waals surface area (Å²) in [5, 5.41) is 11.6. The third kappa shape index (κ3) is 7.85. The molecule has 238 valence electrons. The van der Waals surface area contributed by atoms with E-state index in [1.807, 2.05) is 36.4 Å². The Bertz CT molecular complexity index is 1470. The lowest BCUT2D eigenvalue weighted by molar-refractivity contribution is -0.140. The molecule has 0 bridgehead atoms. The molecule has 1 atom stereocenters. The molecule has 9 nitrogen and oxygen atoms in total. The minimum atomic E-state index is -0.790. The van der Waals surface area contributed by atoms with Crippen molar-refractivity contribution in [2.75, 3.05) is 53.1 Å². The average Bonchev–Trinajstić information content (AvgIpc) is 3.33. The van der Waals surface area contributed by atoms with Crippen molar-refractivity contribution in [1.82, 2.24) is 9.80 Å². The van der Waals surface area contributed by atoms with Crippen LogP contribution in [0.25, 0.3) is 5.76 Å². The normalized spacial score (nSPS) is 18.3. The molecule has 5 rings (SSSR count). The number of Topliss-reactive ketones (excluding diaryl/α,β-unsaturated/α-hetero) is 1. The number of ether oxygens (including phenoxy) is 4. The second-order valence-electron chi connectivity index (χ2n) is 11.2. The summed E-state index contributed by atoms with van der Waals surface area (Å²) < 4.78 is 22.9. The molecule has 2 fully saturated rings. The molecule has 1 amide bonds. The number of aliphatic hydroxyl groups excluding tert-OH is 1. The molecule has 1 N–H and O–H groups in total. The van der Waals surface area contributed by atoms with Crippen LogP contribution in [0.4, 0.5) is 0 Å². The van der Waals surface area contributed by atoms with Gasteiger partial charge in [0, 0.05) is 31.7 Å². The Hall–Kier alpha value is -4.34. The van der Waals surface area contributed by atoms with Crippen molar-refractivity contribution in [3.8, 4) is 17.2 Å². The molecule has 1 unspecified atom stereocenters. The van der Waals surface area contributed by atoms with Crippen molar-refractivity contribution in [2.24, 2.45) is 0 Å². The molecule has 0 aromatic heterocycles. The van der Waals surface area contributed by atoms with E-state index >= 15 is 0 Å². The van der Waals surface area contributed by atoms with Gasteiger partial charge in [0.2, 0.25) is 0 Å². The molecule has 9 heteroatoms. The first kappa shape index (κ1) is 32.1. The van der Waals surface area contributed by atoms with Gasteiger partial charge in [0.1, 0.15) is 18.1 Å². The third-order valence-electron chi connectivity index (χ3n) is 8.15. The number of methoxy groups -OCH3 is 1. The Kier molecular flexibility index (Phi) is 11.1. The van der Waals surface area contributed by atoms with Gasteiger partial charge >= 0.3 is 0 Å². The molecule has 2 aliphatic rings. The van der Waals surface area contributed by atoms with Gasteiger partial charge in [-0.25, -0.2) is 0 Å². The summed E-state index contributed by atoms with van der Waals surface area (Å²) in [7, 11) is 1.56. The highest BCUT2D eigenvalue weighted by Gasteiger charge is 2.46. The Morgan fingerprint density at radius 3 is 2.38 bits per heavy atom. The third-order valence-corrected chi connectivity index (χ3v) is 8.15. The number of nitrogens with zero attached hydrogens (tertiary/aromatic N) is 2.